The van der Waals surface area contributed by atoms with E-state index in [9.17, 15) is 9.59 Å². The Kier molecular flexibility index (Phi) is 4.78. The Hall–Kier alpha value is -2.28. The van der Waals surface area contributed by atoms with Crippen LogP contribution in [0.15, 0.2) is 30.3 Å². The summed E-state index contributed by atoms with van der Waals surface area (Å²) in [5, 5.41) is 2.64. The first kappa shape index (κ1) is 14.1. The Balaban J connectivity index is 1.87. The van der Waals surface area contributed by atoms with Crippen molar-refractivity contribution in [3.8, 4) is 12.3 Å². The molecule has 2 rings (SSSR count). The number of ketones is 1. The van der Waals surface area contributed by atoms with Gasteiger partial charge in [-0.2, -0.15) is 0 Å². The van der Waals surface area contributed by atoms with E-state index in [1.807, 2.05) is 30.3 Å². The van der Waals surface area contributed by atoms with Gasteiger partial charge in [0.05, 0.1) is 6.54 Å². The standard InChI is InChI=1S/C16H18N2O2/c1-2-10-17-16(20)18-11-8-14(9-12-18)15(19)13-6-4-3-5-7-13/h1,3-7,14H,8-12H2,(H,17,20). The van der Waals surface area contributed by atoms with Crippen molar-refractivity contribution < 1.29 is 9.59 Å². The molecule has 4 nitrogen and oxygen atoms in total. The molecule has 1 aliphatic heterocycles. The van der Waals surface area contributed by atoms with Crippen molar-refractivity contribution in [2.75, 3.05) is 19.6 Å². The van der Waals surface area contributed by atoms with Crippen LogP contribution in [-0.2, 0) is 0 Å². The van der Waals surface area contributed by atoms with Crippen LogP contribution in [0.4, 0.5) is 4.79 Å². The van der Waals surface area contributed by atoms with Crippen molar-refractivity contribution in [2.24, 2.45) is 5.92 Å². The summed E-state index contributed by atoms with van der Waals surface area (Å²) in [5.74, 6) is 2.56. The lowest BCUT2D eigenvalue weighted by molar-refractivity contribution is 0.0855. The maximum atomic E-state index is 12.3. The molecule has 1 aliphatic rings. The van der Waals surface area contributed by atoms with Gasteiger partial charge in [0, 0.05) is 24.6 Å². The van der Waals surface area contributed by atoms with Crippen molar-refractivity contribution in [1.82, 2.24) is 10.2 Å². The molecule has 1 aromatic carbocycles. The van der Waals surface area contributed by atoms with Gasteiger partial charge < -0.3 is 10.2 Å². The molecule has 0 aliphatic carbocycles. The lowest BCUT2D eigenvalue weighted by Gasteiger charge is -2.31. The summed E-state index contributed by atoms with van der Waals surface area (Å²) in [6, 6.07) is 9.18. The summed E-state index contributed by atoms with van der Waals surface area (Å²) >= 11 is 0. The van der Waals surface area contributed by atoms with E-state index in [2.05, 4.69) is 11.2 Å². The van der Waals surface area contributed by atoms with E-state index in [-0.39, 0.29) is 24.3 Å². The normalized spacial score (nSPS) is 15.4. The highest BCUT2D eigenvalue weighted by Crippen LogP contribution is 2.21. The molecule has 1 aromatic rings. The first-order valence-corrected chi connectivity index (χ1v) is 6.78. The van der Waals surface area contributed by atoms with Crippen LogP contribution in [0.2, 0.25) is 0 Å². The fourth-order valence-electron chi connectivity index (χ4n) is 2.42. The van der Waals surface area contributed by atoms with Crippen LogP contribution in [0.5, 0.6) is 0 Å². The third kappa shape index (κ3) is 3.39. The summed E-state index contributed by atoms with van der Waals surface area (Å²) in [7, 11) is 0. The van der Waals surface area contributed by atoms with E-state index in [0.29, 0.717) is 25.9 Å². The van der Waals surface area contributed by atoms with Crippen molar-refractivity contribution in [1.29, 1.82) is 0 Å². The number of carbonyl (C=O) groups excluding carboxylic acids is 2. The molecule has 0 aromatic heterocycles. The fraction of sp³-hybridized carbons (Fsp3) is 0.375. The minimum absolute atomic E-state index is 0.00841. The topological polar surface area (TPSA) is 49.4 Å². The molecular formula is C16H18N2O2. The summed E-state index contributed by atoms with van der Waals surface area (Å²) in [6.45, 7) is 1.43. The van der Waals surface area contributed by atoms with Crippen molar-refractivity contribution in [3.63, 3.8) is 0 Å². The molecule has 0 spiro atoms. The zero-order valence-electron chi connectivity index (χ0n) is 11.3. The van der Waals surface area contributed by atoms with Crippen LogP contribution >= 0.6 is 0 Å². The van der Waals surface area contributed by atoms with Crippen LogP contribution in [0, 0.1) is 18.3 Å². The minimum Gasteiger partial charge on any atom is -0.327 e. The van der Waals surface area contributed by atoms with Crippen molar-refractivity contribution in [3.05, 3.63) is 35.9 Å². The predicted molar refractivity (Wildman–Crippen MR) is 77.3 cm³/mol. The van der Waals surface area contributed by atoms with E-state index < -0.39 is 0 Å². The Morgan fingerprint density at radius 2 is 1.90 bits per heavy atom. The molecule has 0 saturated carbocycles. The van der Waals surface area contributed by atoms with Crippen LogP contribution < -0.4 is 5.32 Å². The fourth-order valence-corrected chi connectivity index (χ4v) is 2.42. The quantitative estimate of drug-likeness (QED) is 0.674. The van der Waals surface area contributed by atoms with E-state index in [4.69, 9.17) is 6.42 Å². The average molecular weight is 270 g/mol. The van der Waals surface area contributed by atoms with Gasteiger partial charge in [0.15, 0.2) is 5.78 Å². The van der Waals surface area contributed by atoms with E-state index in [1.54, 1.807) is 4.90 Å². The number of carbonyl (C=O) groups is 2. The molecule has 4 heteroatoms. The van der Waals surface area contributed by atoms with E-state index in [1.165, 1.54) is 0 Å². The molecule has 1 heterocycles. The van der Waals surface area contributed by atoms with Crippen LogP contribution in [0.3, 0.4) is 0 Å². The van der Waals surface area contributed by atoms with Gasteiger partial charge in [0.1, 0.15) is 0 Å². The average Bonchev–Trinajstić information content (AvgIpc) is 2.53. The lowest BCUT2D eigenvalue weighted by atomic mass is 9.89. The Labute approximate surface area is 119 Å². The van der Waals surface area contributed by atoms with Crippen molar-refractivity contribution >= 4 is 11.8 Å². The molecule has 0 atom stereocenters. The minimum atomic E-state index is -0.145. The number of nitrogens with zero attached hydrogens (tertiary/aromatic N) is 1. The number of amides is 2. The first-order chi connectivity index (χ1) is 9.72. The van der Waals surface area contributed by atoms with Crippen molar-refractivity contribution in [2.45, 2.75) is 12.8 Å². The van der Waals surface area contributed by atoms with Gasteiger partial charge in [0.25, 0.3) is 0 Å². The van der Waals surface area contributed by atoms with Gasteiger partial charge in [-0.25, -0.2) is 4.79 Å². The molecule has 1 fully saturated rings. The zero-order chi connectivity index (χ0) is 14.4. The molecule has 104 valence electrons. The van der Waals surface area contributed by atoms with Gasteiger partial charge in [0.2, 0.25) is 0 Å². The summed E-state index contributed by atoms with van der Waals surface area (Å²) in [5.41, 5.74) is 0.753. The number of rotatable bonds is 3. The third-order valence-corrected chi connectivity index (χ3v) is 3.55. The molecule has 1 N–H and O–H groups in total. The van der Waals surface area contributed by atoms with Gasteiger partial charge >= 0.3 is 6.03 Å². The van der Waals surface area contributed by atoms with Crippen LogP contribution in [0.25, 0.3) is 0 Å². The summed E-state index contributed by atoms with van der Waals surface area (Å²) < 4.78 is 0. The van der Waals surface area contributed by atoms with E-state index >= 15 is 0 Å². The Bertz CT molecular complexity index is 511. The van der Waals surface area contributed by atoms with E-state index in [0.717, 1.165) is 5.56 Å². The molecule has 20 heavy (non-hydrogen) atoms. The zero-order valence-corrected chi connectivity index (χ0v) is 11.3. The largest absolute Gasteiger partial charge is 0.327 e. The maximum absolute atomic E-state index is 12.3. The second kappa shape index (κ2) is 6.76. The molecule has 0 unspecified atom stereocenters. The number of hydrogen-bond acceptors (Lipinski definition) is 2. The summed E-state index contributed by atoms with van der Waals surface area (Å²) in [6.07, 6.45) is 6.52. The Morgan fingerprint density at radius 3 is 2.50 bits per heavy atom. The molecule has 0 bridgehead atoms. The smallest absolute Gasteiger partial charge is 0.318 e. The number of urea groups is 1. The number of hydrogen-bond donors (Lipinski definition) is 1. The first-order valence-electron chi connectivity index (χ1n) is 6.78. The SMILES string of the molecule is C#CCNC(=O)N1CCC(C(=O)c2ccccc2)CC1. The number of benzene rings is 1. The van der Waals surface area contributed by atoms with Gasteiger partial charge in [-0.05, 0) is 12.8 Å². The van der Waals surface area contributed by atoms with Crippen LogP contribution in [0.1, 0.15) is 23.2 Å². The number of piperidine rings is 1. The second-order valence-electron chi connectivity index (χ2n) is 4.85. The molecule has 0 radical (unpaired) electrons. The van der Waals surface area contributed by atoms with Gasteiger partial charge in [-0.3, -0.25) is 4.79 Å². The highest BCUT2D eigenvalue weighted by molar-refractivity contribution is 5.97. The maximum Gasteiger partial charge on any atom is 0.318 e. The second-order valence-corrected chi connectivity index (χ2v) is 4.85. The highest BCUT2D eigenvalue weighted by Gasteiger charge is 2.27. The molecule has 2 amide bonds. The monoisotopic (exact) mass is 270 g/mol. The number of nitrogens with one attached hydrogen (secondary N) is 1. The number of Topliss-reactive ketones (excluding diaryl/α,β-unsaturated/α-hetero) is 1. The predicted octanol–water partition coefficient (Wildman–Crippen LogP) is 1.92. The molecule has 1 saturated heterocycles. The lowest BCUT2D eigenvalue weighted by Crippen LogP contribution is -2.45. The van der Waals surface area contributed by atoms with Gasteiger partial charge in [-0.1, -0.05) is 36.3 Å². The number of terminal acetylenes is 1. The number of likely N-dealkylation sites (tertiary alicyclic amines) is 1. The van der Waals surface area contributed by atoms with Crippen LogP contribution in [-0.4, -0.2) is 36.3 Å². The molecular weight excluding hydrogens is 252 g/mol. The third-order valence-electron chi connectivity index (χ3n) is 3.55. The summed E-state index contributed by atoms with van der Waals surface area (Å²) in [4.78, 5) is 25.8. The highest BCUT2D eigenvalue weighted by atomic mass is 16.2. The van der Waals surface area contributed by atoms with Gasteiger partial charge in [-0.15, -0.1) is 6.42 Å². The Morgan fingerprint density at radius 1 is 1.25 bits per heavy atom.